The molecule has 0 bridgehead atoms. The molecule has 2 amide bonds. The molecule has 0 saturated carbocycles. The Kier molecular flexibility index (Phi) is 5.32. The van der Waals surface area contributed by atoms with Crippen molar-refractivity contribution in [3.8, 4) is 0 Å². The van der Waals surface area contributed by atoms with E-state index in [2.05, 4.69) is 15.3 Å². The van der Waals surface area contributed by atoms with Crippen LogP contribution in [0.4, 0.5) is 5.69 Å². The second kappa shape index (κ2) is 7.63. The average molecular weight is 363 g/mol. The Balaban J connectivity index is 1.54. The number of carbonyl (C=O) groups is 2. The van der Waals surface area contributed by atoms with Crippen LogP contribution in [0.5, 0.6) is 0 Å². The molecule has 1 aromatic carbocycles. The van der Waals surface area contributed by atoms with Crippen molar-refractivity contribution in [2.75, 3.05) is 17.2 Å². The fourth-order valence-corrected chi connectivity index (χ4v) is 3.32. The summed E-state index contributed by atoms with van der Waals surface area (Å²) in [6.45, 7) is 0.417. The minimum atomic E-state index is -0.224. The Morgan fingerprint density at radius 3 is 2.79 bits per heavy atom. The van der Waals surface area contributed by atoms with Gasteiger partial charge in [-0.25, -0.2) is 9.97 Å². The maximum absolute atomic E-state index is 12.2. The first-order valence-corrected chi connectivity index (χ1v) is 8.74. The van der Waals surface area contributed by atoms with Crippen LogP contribution in [0.15, 0.2) is 47.9 Å². The predicted octanol–water partition coefficient (Wildman–Crippen LogP) is 2.14. The molecule has 6 nitrogen and oxygen atoms in total. The third-order valence-electron chi connectivity index (χ3n) is 3.51. The van der Waals surface area contributed by atoms with Crippen LogP contribution in [0.1, 0.15) is 6.42 Å². The lowest BCUT2D eigenvalue weighted by Crippen LogP contribution is -2.38. The third-order valence-corrected chi connectivity index (χ3v) is 4.70. The molecule has 24 heavy (non-hydrogen) atoms. The average Bonchev–Trinajstić information content (AvgIpc) is 2.94. The summed E-state index contributed by atoms with van der Waals surface area (Å²) < 4.78 is 0. The monoisotopic (exact) mass is 362 g/mol. The number of rotatable bonds is 5. The zero-order chi connectivity index (χ0) is 16.9. The zero-order valence-corrected chi connectivity index (χ0v) is 14.3. The van der Waals surface area contributed by atoms with Gasteiger partial charge in [-0.05, 0) is 18.2 Å². The van der Waals surface area contributed by atoms with Gasteiger partial charge in [0.15, 0.2) is 5.16 Å². The summed E-state index contributed by atoms with van der Waals surface area (Å²) >= 11 is 7.40. The summed E-state index contributed by atoms with van der Waals surface area (Å²) in [6.07, 6.45) is 3.53. The molecule has 1 atom stereocenters. The molecular weight excluding hydrogens is 348 g/mol. The minimum Gasteiger partial charge on any atom is -0.350 e. The predicted molar refractivity (Wildman–Crippen MR) is 93.1 cm³/mol. The lowest BCUT2D eigenvalue weighted by molar-refractivity contribution is -0.119. The first kappa shape index (κ1) is 16.7. The van der Waals surface area contributed by atoms with Crippen LogP contribution < -0.4 is 10.2 Å². The number of halogens is 1. The Labute approximate surface area is 148 Å². The van der Waals surface area contributed by atoms with Crippen LogP contribution in [-0.2, 0) is 9.59 Å². The standard InChI is InChI=1S/C16H15ClN4O2S/c17-12-4-1-2-5-13(12)21-9-11(8-15(21)23)20-14(22)10-24-16-18-6-3-7-19-16/h1-7,11H,8-10H2,(H,20,22)/t11-/m1/s1. The Morgan fingerprint density at radius 1 is 1.29 bits per heavy atom. The van der Waals surface area contributed by atoms with Crippen LogP contribution in [-0.4, -0.2) is 40.1 Å². The van der Waals surface area contributed by atoms with E-state index in [4.69, 9.17) is 11.6 Å². The Bertz CT molecular complexity index is 744. The molecule has 1 saturated heterocycles. The van der Waals surface area contributed by atoms with Crippen LogP contribution >= 0.6 is 23.4 Å². The van der Waals surface area contributed by atoms with E-state index in [-0.39, 0.29) is 30.0 Å². The zero-order valence-electron chi connectivity index (χ0n) is 12.7. The number of aromatic nitrogens is 2. The molecule has 8 heteroatoms. The molecule has 0 spiro atoms. The van der Waals surface area contributed by atoms with Crippen LogP contribution in [0.2, 0.25) is 5.02 Å². The van der Waals surface area contributed by atoms with Crippen molar-refractivity contribution >= 4 is 40.9 Å². The van der Waals surface area contributed by atoms with Gasteiger partial charge in [0.2, 0.25) is 11.8 Å². The SMILES string of the molecule is O=C(CSc1ncccn1)N[C@@H]1CC(=O)N(c2ccccc2Cl)C1. The first-order valence-electron chi connectivity index (χ1n) is 7.37. The van der Waals surface area contributed by atoms with Gasteiger partial charge in [-0.15, -0.1) is 0 Å². The summed E-state index contributed by atoms with van der Waals surface area (Å²) in [5.41, 5.74) is 0.674. The van der Waals surface area contributed by atoms with E-state index in [1.54, 1.807) is 35.5 Å². The van der Waals surface area contributed by atoms with Gasteiger partial charge >= 0.3 is 0 Å². The number of nitrogens with zero attached hydrogens (tertiary/aromatic N) is 3. The van der Waals surface area contributed by atoms with Crippen LogP contribution in [0, 0.1) is 0 Å². The number of carbonyl (C=O) groups excluding carboxylic acids is 2. The van der Waals surface area contributed by atoms with Crippen LogP contribution in [0.3, 0.4) is 0 Å². The number of hydrogen-bond acceptors (Lipinski definition) is 5. The molecule has 1 aliphatic rings. The third kappa shape index (κ3) is 4.04. The topological polar surface area (TPSA) is 75.2 Å². The number of benzene rings is 1. The Hall–Kier alpha value is -2.12. The maximum atomic E-state index is 12.2. The highest BCUT2D eigenvalue weighted by atomic mass is 35.5. The van der Waals surface area contributed by atoms with Crippen molar-refractivity contribution in [3.05, 3.63) is 47.7 Å². The van der Waals surface area contributed by atoms with Gasteiger partial charge in [-0.2, -0.15) is 0 Å². The number of hydrogen-bond donors (Lipinski definition) is 1. The summed E-state index contributed by atoms with van der Waals surface area (Å²) in [5, 5.41) is 3.95. The van der Waals surface area contributed by atoms with Gasteiger partial charge in [0.05, 0.1) is 22.5 Å². The quantitative estimate of drug-likeness (QED) is 0.651. The lowest BCUT2D eigenvalue weighted by atomic mass is 10.2. The Morgan fingerprint density at radius 2 is 2.04 bits per heavy atom. The minimum absolute atomic E-state index is 0.0487. The molecule has 0 aliphatic carbocycles. The number of nitrogens with one attached hydrogen (secondary N) is 1. The highest BCUT2D eigenvalue weighted by molar-refractivity contribution is 7.99. The van der Waals surface area contributed by atoms with Gasteiger partial charge in [0.25, 0.3) is 0 Å². The molecule has 124 valence electrons. The van der Waals surface area contributed by atoms with E-state index in [1.807, 2.05) is 12.1 Å². The number of amides is 2. The molecule has 1 N–H and O–H groups in total. The normalized spacial score (nSPS) is 17.1. The smallest absolute Gasteiger partial charge is 0.230 e. The molecule has 0 unspecified atom stereocenters. The molecule has 1 aromatic heterocycles. The molecule has 3 rings (SSSR count). The second-order valence-corrected chi connectivity index (χ2v) is 6.59. The molecule has 1 fully saturated rings. The number of para-hydroxylation sites is 1. The van der Waals surface area contributed by atoms with Gasteiger partial charge in [0.1, 0.15) is 0 Å². The van der Waals surface area contributed by atoms with Crippen molar-refractivity contribution in [1.82, 2.24) is 15.3 Å². The fourth-order valence-electron chi connectivity index (χ4n) is 2.47. The molecule has 1 aliphatic heterocycles. The fraction of sp³-hybridized carbons (Fsp3) is 0.250. The summed E-state index contributed by atoms with van der Waals surface area (Å²) in [6, 6.07) is 8.68. The van der Waals surface area contributed by atoms with Crippen molar-refractivity contribution in [2.45, 2.75) is 17.6 Å². The molecule has 0 radical (unpaired) electrons. The van der Waals surface area contributed by atoms with Crippen molar-refractivity contribution in [2.24, 2.45) is 0 Å². The number of thioether (sulfide) groups is 1. The van der Waals surface area contributed by atoms with E-state index < -0.39 is 0 Å². The molecule has 2 aromatic rings. The van der Waals surface area contributed by atoms with Gasteiger partial charge in [-0.1, -0.05) is 35.5 Å². The van der Waals surface area contributed by atoms with E-state index >= 15 is 0 Å². The van der Waals surface area contributed by atoms with E-state index in [0.717, 1.165) is 0 Å². The highest BCUT2D eigenvalue weighted by Crippen LogP contribution is 2.29. The van der Waals surface area contributed by atoms with Crippen molar-refractivity contribution < 1.29 is 9.59 Å². The van der Waals surface area contributed by atoms with Crippen molar-refractivity contribution in [3.63, 3.8) is 0 Å². The second-order valence-electron chi connectivity index (χ2n) is 5.24. The van der Waals surface area contributed by atoms with Gasteiger partial charge in [0, 0.05) is 25.4 Å². The largest absolute Gasteiger partial charge is 0.350 e. The molecular formula is C16H15ClN4O2S. The van der Waals surface area contributed by atoms with E-state index in [9.17, 15) is 9.59 Å². The maximum Gasteiger partial charge on any atom is 0.230 e. The first-order chi connectivity index (χ1) is 11.6. The van der Waals surface area contributed by atoms with Crippen molar-refractivity contribution in [1.29, 1.82) is 0 Å². The summed E-state index contributed by atoms with van der Waals surface area (Å²) in [5.74, 6) is 0.0135. The van der Waals surface area contributed by atoms with Crippen LogP contribution in [0.25, 0.3) is 0 Å². The highest BCUT2D eigenvalue weighted by Gasteiger charge is 2.32. The lowest BCUT2D eigenvalue weighted by Gasteiger charge is -2.18. The van der Waals surface area contributed by atoms with Gasteiger partial charge < -0.3 is 10.2 Å². The molecule has 2 heterocycles. The van der Waals surface area contributed by atoms with E-state index in [0.29, 0.717) is 22.4 Å². The summed E-state index contributed by atoms with van der Waals surface area (Å²) in [7, 11) is 0. The summed E-state index contributed by atoms with van der Waals surface area (Å²) in [4.78, 5) is 33.9. The van der Waals surface area contributed by atoms with Gasteiger partial charge in [-0.3, -0.25) is 9.59 Å². The van der Waals surface area contributed by atoms with E-state index in [1.165, 1.54) is 11.8 Å². The number of anilines is 1.